The molecule has 3 rings (SSSR count). The minimum atomic E-state index is 0.156. The zero-order valence-corrected chi connectivity index (χ0v) is 11.3. The number of nitrogens with zero attached hydrogens (tertiary/aromatic N) is 4. The quantitative estimate of drug-likeness (QED) is 0.896. The van der Waals surface area contributed by atoms with E-state index in [0.717, 1.165) is 17.9 Å². The summed E-state index contributed by atoms with van der Waals surface area (Å²) in [5, 5.41) is 15.7. The van der Waals surface area contributed by atoms with Crippen molar-refractivity contribution in [1.29, 1.82) is 0 Å². The number of nitrogens with one attached hydrogen (secondary N) is 1. The zero-order chi connectivity index (χ0) is 13.2. The van der Waals surface area contributed by atoms with Gasteiger partial charge in [-0.15, -0.1) is 5.10 Å². The smallest absolute Gasteiger partial charge is 0.315 e. The molecule has 102 valence electrons. The second kappa shape index (κ2) is 5.03. The number of aromatic nitrogens is 4. The van der Waals surface area contributed by atoms with E-state index >= 15 is 0 Å². The van der Waals surface area contributed by atoms with Crippen LogP contribution < -0.4 is 5.32 Å². The van der Waals surface area contributed by atoms with E-state index < -0.39 is 0 Å². The van der Waals surface area contributed by atoms with Crippen LogP contribution in [0, 0.1) is 0 Å². The molecular weight excluding hydrogens is 242 g/mol. The van der Waals surface area contributed by atoms with Crippen molar-refractivity contribution in [2.45, 2.75) is 44.6 Å². The molecule has 0 aliphatic heterocycles. The first-order valence-electron chi connectivity index (χ1n) is 6.84. The number of hydrogen-bond donors (Lipinski definition) is 1. The van der Waals surface area contributed by atoms with Crippen LogP contribution in [0.3, 0.4) is 0 Å². The lowest BCUT2D eigenvalue weighted by Crippen LogP contribution is -2.09. The normalized spacial score (nSPS) is 17.2. The molecule has 0 bridgehead atoms. The van der Waals surface area contributed by atoms with Gasteiger partial charge in [0.2, 0.25) is 5.89 Å². The topological polar surface area (TPSA) is 68.8 Å². The van der Waals surface area contributed by atoms with Gasteiger partial charge in [-0.25, -0.2) is 0 Å². The van der Waals surface area contributed by atoms with Gasteiger partial charge in [-0.1, -0.05) is 18.4 Å². The summed E-state index contributed by atoms with van der Waals surface area (Å²) in [7, 11) is 1.91. The Balaban J connectivity index is 1.70. The predicted molar refractivity (Wildman–Crippen MR) is 70.8 cm³/mol. The molecule has 1 fully saturated rings. The van der Waals surface area contributed by atoms with E-state index in [0.29, 0.717) is 11.9 Å². The minimum Gasteiger partial charge on any atom is -0.408 e. The van der Waals surface area contributed by atoms with Gasteiger partial charge in [-0.05, 0) is 19.3 Å². The molecule has 0 spiro atoms. The molecule has 1 N–H and O–H groups in total. The van der Waals surface area contributed by atoms with Crippen LogP contribution in [0.4, 0.5) is 6.01 Å². The molecule has 0 aromatic carbocycles. The third kappa shape index (κ3) is 2.47. The molecule has 1 aliphatic rings. The zero-order valence-electron chi connectivity index (χ0n) is 11.3. The summed E-state index contributed by atoms with van der Waals surface area (Å²) in [5.41, 5.74) is 1.13. The van der Waals surface area contributed by atoms with Crippen molar-refractivity contribution in [3.05, 3.63) is 23.8 Å². The van der Waals surface area contributed by atoms with E-state index in [2.05, 4.69) is 27.5 Å². The van der Waals surface area contributed by atoms with Crippen molar-refractivity contribution in [3.63, 3.8) is 0 Å². The van der Waals surface area contributed by atoms with E-state index in [-0.39, 0.29) is 6.04 Å². The predicted octanol–water partition coefficient (Wildman–Crippen LogP) is 2.63. The molecule has 0 radical (unpaired) electrons. The summed E-state index contributed by atoms with van der Waals surface area (Å²) in [4.78, 5) is 0. The van der Waals surface area contributed by atoms with Crippen LogP contribution in [0.2, 0.25) is 0 Å². The Morgan fingerprint density at radius 2 is 2.32 bits per heavy atom. The van der Waals surface area contributed by atoms with Crippen molar-refractivity contribution >= 4 is 6.01 Å². The van der Waals surface area contributed by atoms with E-state index in [9.17, 15) is 0 Å². The highest BCUT2D eigenvalue weighted by Gasteiger charge is 2.25. The number of hydrogen-bond acceptors (Lipinski definition) is 5. The third-order valence-corrected chi connectivity index (χ3v) is 3.73. The molecule has 1 unspecified atom stereocenters. The summed E-state index contributed by atoms with van der Waals surface area (Å²) in [6.45, 7) is 2.12. The summed E-state index contributed by atoms with van der Waals surface area (Å²) < 4.78 is 7.49. The molecule has 0 saturated heterocycles. The van der Waals surface area contributed by atoms with Gasteiger partial charge in [-0.2, -0.15) is 5.10 Å². The van der Waals surface area contributed by atoms with Crippen LogP contribution in [-0.2, 0) is 7.05 Å². The standard InChI is InChI=1S/C13H19N5O/c1-3-11(10-7-14-18(2)8-10)15-13-17-16-12(19-13)9-5-4-6-9/h7-9,11H,3-6H2,1-2H3,(H,15,17). The van der Waals surface area contributed by atoms with Gasteiger partial charge in [-0.3, -0.25) is 4.68 Å². The monoisotopic (exact) mass is 261 g/mol. The largest absolute Gasteiger partial charge is 0.408 e. The Morgan fingerprint density at radius 3 is 2.89 bits per heavy atom. The summed E-state index contributed by atoms with van der Waals surface area (Å²) in [6.07, 6.45) is 8.41. The molecule has 1 atom stereocenters. The van der Waals surface area contributed by atoms with Crippen LogP contribution >= 0.6 is 0 Å². The fourth-order valence-corrected chi connectivity index (χ4v) is 2.30. The van der Waals surface area contributed by atoms with Gasteiger partial charge in [0.15, 0.2) is 0 Å². The van der Waals surface area contributed by atoms with E-state index in [1.165, 1.54) is 19.3 Å². The van der Waals surface area contributed by atoms with Crippen LogP contribution in [0.25, 0.3) is 0 Å². The number of aryl methyl sites for hydroxylation is 1. The maximum absolute atomic E-state index is 5.69. The molecule has 2 aromatic rings. The highest BCUT2D eigenvalue weighted by atomic mass is 16.4. The maximum atomic E-state index is 5.69. The Hall–Kier alpha value is -1.85. The molecule has 1 aliphatic carbocycles. The summed E-state index contributed by atoms with van der Waals surface area (Å²) in [6, 6.07) is 0.668. The van der Waals surface area contributed by atoms with Gasteiger partial charge >= 0.3 is 6.01 Å². The molecule has 2 aromatic heterocycles. The SMILES string of the molecule is CCC(Nc1nnc(C2CCC2)o1)c1cnn(C)c1. The maximum Gasteiger partial charge on any atom is 0.315 e. The summed E-state index contributed by atoms with van der Waals surface area (Å²) >= 11 is 0. The van der Waals surface area contributed by atoms with Crippen molar-refractivity contribution in [1.82, 2.24) is 20.0 Å². The molecular formula is C13H19N5O. The highest BCUT2D eigenvalue weighted by Crippen LogP contribution is 2.36. The second-order valence-corrected chi connectivity index (χ2v) is 5.13. The van der Waals surface area contributed by atoms with Crippen molar-refractivity contribution < 1.29 is 4.42 Å². The summed E-state index contributed by atoms with van der Waals surface area (Å²) in [5.74, 6) is 1.25. The first-order valence-corrected chi connectivity index (χ1v) is 6.84. The lowest BCUT2D eigenvalue weighted by Gasteiger charge is -2.20. The van der Waals surface area contributed by atoms with Gasteiger partial charge in [0, 0.05) is 24.7 Å². The average Bonchev–Trinajstić information content (AvgIpc) is 2.93. The van der Waals surface area contributed by atoms with Gasteiger partial charge in [0.05, 0.1) is 12.2 Å². The number of anilines is 1. The Labute approximate surface area is 112 Å². The van der Waals surface area contributed by atoms with Gasteiger partial charge < -0.3 is 9.73 Å². The number of rotatable bonds is 5. The Bertz CT molecular complexity index is 543. The van der Waals surface area contributed by atoms with E-state index in [1.54, 1.807) is 4.68 Å². The van der Waals surface area contributed by atoms with Crippen LogP contribution in [-0.4, -0.2) is 20.0 Å². The fraction of sp³-hybridized carbons (Fsp3) is 0.615. The molecule has 6 nitrogen and oxygen atoms in total. The third-order valence-electron chi connectivity index (χ3n) is 3.73. The fourth-order valence-electron chi connectivity index (χ4n) is 2.30. The minimum absolute atomic E-state index is 0.156. The van der Waals surface area contributed by atoms with Crippen molar-refractivity contribution in [2.75, 3.05) is 5.32 Å². The lowest BCUT2D eigenvalue weighted by atomic mass is 9.85. The van der Waals surface area contributed by atoms with Gasteiger partial charge in [0.1, 0.15) is 0 Å². The van der Waals surface area contributed by atoms with Crippen molar-refractivity contribution in [3.8, 4) is 0 Å². The average molecular weight is 261 g/mol. The van der Waals surface area contributed by atoms with Crippen molar-refractivity contribution in [2.24, 2.45) is 7.05 Å². The van der Waals surface area contributed by atoms with Crippen LogP contribution in [0.15, 0.2) is 16.8 Å². The molecule has 19 heavy (non-hydrogen) atoms. The highest BCUT2D eigenvalue weighted by molar-refractivity contribution is 5.26. The molecule has 6 heteroatoms. The van der Waals surface area contributed by atoms with Crippen LogP contribution in [0.1, 0.15) is 56.0 Å². The van der Waals surface area contributed by atoms with E-state index in [4.69, 9.17) is 4.42 Å². The Kier molecular flexibility index (Phi) is 3.23. The molecule has 0 amide bonds. The molecule has 2 heterocycles. The first-order chi connectivity index (χ1) is 9.26. The lowest BCUT2D eigenvalue weighted by molar-refractivity contribution is 0.337. The molecule has 1 saturated carbocycles. The van der Waals surface area contributed by atoms with Crippen LogP contribution in [0.5, 0.6) is 0 Å². The Morgan fingerprint density at radius 1 is 1.47 bits per heavy atom. The first kappa shape index (κ1) is 12.2. The second-order valence-electron chi connectivity index (χ2n) is 5.13. The van der Waals surface area contributed by atoms with Gasteiger partial charge in [0.25, 0.3) is 0 Å². The van der Waals surface area contributed by atoms with E-state index in [1.807, 2.05) is 19.4 Å².